The van der Waals surface area contributed by atoms with Crippen molar-refractivity contribution in [1.29, 1.82) is 0 Å². The maximum atomic E-state index is 12.8. The number of carbonyl (C=O) groups is 1. The van der Waals surface area contributed by atoms with Gasteiger partial charge in [-0.25, -0.2) is 4.68 Å². The predicted octanol–water partition coefficient (Wildman–Crippen LogP) is 2.04. The molecule has 0 radical (unpaired) electrons. The maximum Gasteiger partial charge on any atom is 0.267 e. The van der Waals surface area contributed by atoms with Crippen LogP contribution in [0.15, 0.2) is 53.6 Å². The highest BCUT2D eigenvalue weighted by molar-refractivity contribution is 5.94. The van der Waals surface area contributed by atoms with Crippen molar-refractivity contribution < 1.29 is 4.79 Å². The van der Waals surface area contributed by atoms with Crippen LogP contribution in [0.4, 0.5) is 5.69 Å². The molecule has 9 nitrogen and oxygen atoms in total. The Kier molecular flexibility index (Phi) is 4.35. The van der Waals surface area contributed by atoms with E-state index < -0.39 is 6.04 Å². The molecule has 0 spiro atoms. The molecular formula is C21H19N7O2. The summed E-state index contributed by atoms with van der Waals surface area (Å²) in [4.78, 5) is 25.2. The monoisotopic (exact) mass is 401 g/mol. The molecule has 0 saturated heterocycles. The molecule has 1 aliphatic rings. The number of anilines is 1. The fourth-order valence-electron chi connectivity index (χ4n) is 3.69. The topological polar surface area (TPSA) is 107 Å². The van der Waals surface area contributed by atoms with E-state index >= 15 is 0 Å². The molecule has 3 aromatic heterocycles. The summed E-state index contributed by atoms with van der Waals surface area (Å²) in [6, 6.07) is 11.9. The van der Waals surface area contributed by atoms with Crippen molar-refractivity contribution in [2.75, 3.05) is 5.32 Å². The molecule has 1 aliphatic carbocycles. The van der Waals surface area contributed by atoms with Crippen molar-refractivity contribution in [3.63, 3.8) is 0 Å². The Balaban J connectivity index is 1.38. The number of aryl methyl sites for hydroxylation is 2. The zero-order valence-electron chi connectivity index (χ0n) is 16.3. The number of benzene rings is 1. The summed E-state index contributed by atoms with van der Waals surface area (Å²) in [6.07, 6.45) is 4.25. The molecule has 9 heteroatoms. The van der Waals surface area contributed by atoms with Crippen LogP contribution in [0, 0.1) is 0 Å². The highest BCUT2D eigenvalue weighted by atomic mass is 16.2. The smallest absolute Gasteiger partial charge is 0.267 e. The third-order valence-electron chi connectivity index (χ3n) is 5.32. The van der Waals surface area contributed by atoms with E-state index in [9.17, 15) is 9.59 Å². The minimum Gasteiger partial charge on any atom is -0.324 e. The summed E-state index contributed by atoms with van der Waals surface area (Å²) in [5.41, 5.74) is 4.49. The number of hydrogen-bond acceptors (Lipinski definition) is 6. The Bertz CT molecular complexity index is 1320. The van der Waals surface area contributed by atoms with Gasteiger partial charge in [0.2, 0.25) is 5.91 Å². The van der Waals surface area contributed by atoms with Gasteiger partial charge in [-0.05, 0) is 56.0 Å². The summed E-state index contributed by atoms with van der Waals surface area (Å²) in [5.74, 6) is -0.304. The van der Waals surface area contributed by atoms with E-state index in [2.05, 4.69) is 25.7 Å². The fraction of sp³-hybridized carbons (Fsp3) is 0.238. The first-order valence-corrected chi connectivity index (χ1v) is 9.78. The first-order chi connectivity index (χ1) is 14.6. The maximum absolute atomic E-state index is 12.8. The lowest BCUT2D eigenvalue weighted by Gasteiger charge is -2.15. The first kappa shape index (κ1) is 18.2. The van der Waals surface area contributed by atoms with Crippen molar-refractivity contribution in [1.82, 2.24) is 29.6 Å². The quantitative estimate of drug-likeness (QED) is 0.561. The second-order valence-corrected chi connectivity index (χ2v) is 7.35. The van der Waals surface area contributed by atoms with Gasteiger partial charge in [-0.2, -0.15) is 14.7 Å². The number of amides is 1. The van der Waals surface area contributed by atoms with Crippen LogP contribution in [-0.2, 0) is 17.6 Å². The van der Waals surface area contributed by atoms with Crippen LogP contribution < -0.4 is 10.9 Å². The minimum absolute atomic E-state index is 0.251. The Labute approximate surface area is 171 Å². The van der Waals surface area contributed by atoms with Crippen LogP contribution in [0.25, 0.3) is 16.9 Å². The third kappa shape index (κ3) is 3.24. The largest absolute Gasteiger partial charge is 0.324 e. The number of fused-ring (bicyclic) bond motifs is 2. The lowest BCUT2D eigenvalue weighted by molar-refractivity contribution is -0.119. The molecule has 1 unspecified atom stereocenters. The molecule has 3 heterocycles. The van der Waals surface area contributed by atoms with E-state index in [1.807, 2.05) is 30.3 Å². The normalized spacial score (nSPS) is 13.9. The molecular weight excluding hydrogens is 382 g/mol. The first-order valence-electron chi connectivity index (χ1n) is 9.78. The summed E-state index contributed by atoms with van der Waals surface area (Å²) < 4.78 is 2.86. The van der Waals surface area contributed by atoms with Gasteiger partial charge in [0.05, 0.1) is 11.4 Å². The van der Waals surface area contributed by atoms with E-state index in [4.69, 9.17) is 0 Å². The zero-order valence-corrected chi connectivity index (χ0v) is 16.3. The minimum atomic E-state index is -0.724. The Morgan fingerprint density at radius 2 is 2.03 bits per heavy atom. The van der Waals surface area contributed by atoms with Crippen molar-refractivity contribution in [3.8, 4) is 11.3 Å². The molecule has 1 N–H and O–H groups in total. The van der Waals surface area contributed by atoms with Gasteiger partial charge in [0, 0.05) is 17.3 Å². The molecule has 1 aromatic carbocycles. The molecule has 0 saturated carbocycles. The summed E-state index contributed by atoms with van der Waals surface area (Å²) in [5, 5.41) is 19.6. The molecule has 1 atom stereocenters. The van der Waals surface area contributed by atoms with Gasteiger partial charge in [0.15, 0.2) is 5.65 Å². The van der Waals surface area contributed by atoms with Gasteiger partial charge in [-0.1, -0.05) is 12.1 Å². The predicted molar refractivity (Wildman–Crippen MR) is 110 cm³/mol. The van der Waals surface area contributed by atoms with E-state index in [-0.39, 0.29) is 11.5 Å². The number of aromatic nitrogens is 6. The van der Waals surface area contributed by atoms with Gasteiger partial charge >= 0.3 is 0 Å². The van der Waals surface area contributed by atoms with Crippen LogP contribution in [0.1, 0.15) is 30.6 Å². The zero-order chi connectivity index (χ0) is 20.7. The van der Waals surface area contributed by atoms with Crippen LogP contribution in [-0.4, -0.2) is 35.5 Å². The van der Waals surface area contributed by atoms with Gasteiger partial charge in [0.1, 0.15) is 12.4 Å². The Hall–Kier alpha value is -3.88. The number of carbonyl (C=O) groups excluding carboxylic acids is 1. The number of hydrogen-bond donors (Lipinski definition) is 1. The molecule has 150 valence electrons. The van der Waals surface area contributed by atoms with Gasteiger partial charge in [0.25, 0.3) is 5.56 Å². The molecule has 4 aromatic rings. The molecule has 1 amide bonds. The van der Waals surface area contributed by atoms with E-state index in [0.29, 0.717) is 11.3 Å². The molecule has 0 fully saturated rings. The summed E-state index contributed by atoms with van der Waals surface area (Å²) >= 11 is 0. The second-order valence-electron chi connectivity index (χ2n) is 7.35. The summed E-state index contributed by atoms with van der Waals surface area (Å²) in [7, 11) is 0. The van der Waals surface area contributed by atoms with E-state index in [0.717, 1.165) is 41.8 Å². The molecule has 0 bridgehead atoms. The third-order valence-corrected chi connectivity index (χ3v) is 5.32. The molecule has 0 aliphatic heterocycles. The van der Waals surface area contributed by atoms with Crippen molar-refractivity contribution in [3.05, 3.63) is 70.4 Å². The number of nitrogens with zero attached hydrogens (tertiary/aromatic N) is 6. The van der Waals surface area contributed by atoms with Crippen LogP contribution in [0.5, 0.6) is 0 Å². The van der Waals surface area contributed by atoms with Crippen LogP contribution in [0.2, 0.25) is 0 Å². The van der Waals surface area contributed by atoms with Gasteiger partial charge in [-0.3, -0.25) is 9.59 Å². The number of nitrogens with one attached hydrogen (secondary N) is 1. The Morgan fingerprint density at radius 3 is 2.93 bits per heavy atom. The average Bonchev–Trinajstić information content (AvgIpc) is 3.41. The average molecular weight is 401 g/mol. The Morgan fingerprint density at radius 1 is 1.13 bits per heavy atom. The molecule has 5 rings (SSSR count). The van der Waals surface area contributed by atoms with Crippen molar-refractivity contribution in [2.45, 2.75) is 32.2 Å². The van der Waals surface area contributed by atoms with E-state index in [1.165, 1.54) is 11.0 Å². The standard InChI is InChI=1S/C21H19N7O2/c1-13(28-20(29)11-15-5-3-7-17(15)26-28)21(30)23-16-6-2-4-14(10-16)18-8-9-19-24-22-12-27(19)25-18/h2,4,6,8-13H,3,5,7H2,1H3,(H,23,30). The summed E-state index contributed by atoms with van der Waals surface area (Å²) in [6.45, 7) is 1.68. The lowest BCUT2D eigenvalue weighted by Crippen LogP contribution is -2.34. The van der Waals surface area contributed by atoms with Crippen molar-refractivity contribution >= 4 is 17.2 Å². The van der Waals surface area contributed by atoms with Gasteiger partial charge < -0.3 is 5.32 Å². The second kappa shape index (κ2) is 7.18. The van der Waals surface area contributed by atoms with E-state index in [1.54, 1.807) is 23.6 Å². The highest BCUT2D eigenvalue weighted by Crippen LogP contribution is 2.22. The molecule has 30 heavy (non-hydrogen) atoms. The van der Waals surface area contributed by atoms with Crippen molar-refractivity contribution in [2.24, 2.45) is 0 Å². The van der Waals surface area contributed by atoms with Crippen LogP contribution in [0.3, 0.4) is 0 Å². The van der Waals surface area contributed by atoms with Gasteiger partial charge in [-0.15, -0.1) is 10.2 Å². The highest BCUT2D eigenvalue weighted by Gasteiger charge is 2.21. The van der Waals surface area contributed by atoms with Crippen LogP contribution >= 0.6 is 0 Å². The number of rotatable bonds is 4. The lowest BCUT2D eigenvalue weighted by atomic mass is 10.1. The SMILES string of the molecule is CC(C(=O)Nc1cccc(-c2ccc3nncn3n2)c1)n1nc2c(cc1=O)CCC2. The fourth-order valence-corrected chi connectivity index (χ4v) is 3.69.